The van der Waals surface area contributed by atoms with E-state index in [1.54, 1.807) is 24.3 Å². The number of ketones is 1. The van der Waals surface area contributed by atoms with E-state index in [-0.39, 0.29) is 29.6 Å². The van der Waals surface area contributed by atoms with Crippen molar-refractivity contribution in [3.63, 3.8) is 0 Å². The average Bonchev–Trinajstić information content (AvgIpc) is 2.98. The molecule has 0 aromatic heterocycles. The molecule has 4 saturated carbocycles. The van der Waals surface area contributed by atoms with Crippen LogP contribution in [0.2, 0.25) is 0 Å². The fourth-order valence-electron chi connectivity index (χ4n) is 7.53. The normalized spacial score (nSPS) is 33.1. The standard InChI is InChI=1S/C27H27NO3/c1-17-6-8-20(9-7-17)26-11-18-10-19(12-26)14-27(13-18,16-26)23(29)15-28-24(30)21-4-2-3-5-22(21)25(28)31/h2-9,18-19H,10-16H2,1H3/t18-,19-,26?,27?/m1/s1. The molecule has 2 aromatic carbocycles. The maximum atomic E-state index is 13.8. The first-order valence-electron chi connectivity index (χ1n) is 11.4. The predicted octanol–water partition coefficient (Wildman–Crippen LogP) is 4.70. The maximum absolute atomic E-state index is 13.8. The van der Waals surface area contributed by atoms with Gasteiger partial charge in [-0.1, -0.05) is 42.0 Å². The van der Waals surface area contributed by atoms with Crippen molar-refractivity contribution in [1.29, 1.82) is 0 Å². The van der Waals surface area contributed by atoms with E-state index in [0.717, 1.165) is 32.1 Å². The van der Waals surface area contributed by atoms with Gasteiger partial charge in [-0.2, -0.15) is 0 Å². The minimum atomic E-state index is -0.399. The van der Waals surface area contributed by atoms with Gasteiger partial charge in [0.1, 0.15) is 0 Å². The molecule has 4 nitrogen and oxygen atoms in total. The number of imide groups is 1. The number of fused-ring (bicyclic) bond motifs is 1. The summed E-state index contributed by atoms with van der Waals surface area (Å²) in [6.07, 6.45) is 6.23. The molecule has 31 heavy (non-hydrogen) atoms. The number of rotatable bonds is 4. The molecule has 4 heteroatoms. The lowest BCUT2D eigenvalue weighted by Gasteiger charge is -2.62. The van der Waals surface area contributed by atoms with Crippen LogP contribution in [0.4, 0.5) is 0 Å². The Hall–Kier alpha value is -2.75. The summed E-state index contributed by atoms with van der Waals surface area (Å²) in [5.74, 6) is 0.564. The third-order valence-corrected chi connectivity index (χ3v) is 8.50. The van der Waals surface area contributed by atoms with E-state index in [0.29, 0.717) is 23.0 Å². The molecule has 0 saturated heterocycles. The molecule has 1 aliphatic heterocycles. The van der Waals surface area contributed by atoms with Crippen LogP contribution in [0.15, 0.2) is 48.5 Å². The van der Waals surface area contributed by atoms with E-state index < -0.39 is 5.41 Å². The Morgan fingerprint density at radius 2 is 1.48 bits per heavy atom. The first kappa shape index (κ1) is 19.0. The molecule has 7 rings (SSSR count). The second-order valence-electron chi connectivity index (χ2n) is 10.6. The van der Waals surface area contributed by atoms with Crippen molar-refractivity contribution >= 4 is 17.6 Å². The van der Waals surface area contributed by atoms with Crippen LogP contribution < -0.4 is 0 Å². The third-order valence-electron chi connectivity index (χ3n) is 8.50. The Bertz CT molecular complexity index is 1070. The van der Waals surface area contributed by atoms with Gasteiger partial charge in [0.15, 0.2) is 5.78 Å². The summed E-state index contributed by atoms with van der Waals surface area (Å²) in [5, 5.41) is 0. The molecule has 4 bridgehead atoms. The lowest BCUT2D eigenvalue weighted by atomic mass is 9.42. The highest BCUT2D eigenvalue weighted by molar-refractivity contribution is 6.22. The summed E-state index contributed by atoms with van der Waals surface area (Å²) < 4.78 is 0. The molecular formula is C27H27NO3. The van der Waals surface area contributed by atoms with Gasteiger partial charge in [-0.05, 0) is 80.4 Å². The summed E-state index contributed by atoms with van der Waals surface area (Å²) in [4.78, 5) is 40.6. The Kier molecular flexibility index (Phi) is 3.91. The molecule has 158 valence electrons. The van der Waals surface area contributed by atoms with Gasteiger partial charge in [-0.3, -0.25) is 19.3 Å². The number of hydrogen-bond donors (Lipinski definition) is 0. The predicted molar refractivity (Wildman–Crippen MR) is 117 cm³/mol. The Morgan fingerprint density at radius 1 is 0.903 bits per heavy atom. The first-order chi connectivity index (χ1) is 14.9. The van der Waals surface area contributed by atoms with E-state index in [1.165, 1.54) is 22.4 Å². The van der Waals surface area contributed by atoms with Gasteiger partial charge < -0.3 is 0 Å². The minimum absolute atomic E-state index is 0.0649. The topological polar surface area (TPSA) is 54.5 Å². The smallest absolute Gasteiger partial charge is 0.261 e. The molecule has 1 heterocycles. The number of aryl methyl sites for hydroxylation is 1. The van der Waals surface area contributed by atoms with Gasteiger partial charge in [0.25, 0.3) is 11.8 Å². The summed E-state index contributed by atoms with van der Waals surface area (Å²) in [7, 11) is 0. The zero-order chi connectivity index (χ0) is 21.4. The molecule has 4 fully saturated rings. The van der Waals surface area contributed by atoms with Crippen molar-refractivity contribution in [2.24, 2.45) is 17.3 Å². The molecule has 2 atom stereocenters. The number of Topliss-reactive ketones (excluding diaryl/α,β-unsaturated/α-hetero) is 1. The quantitative estimate of drug-likeness (QED) is 0.683. The van der Waals surface area contributed by atoms with E-state index in [4.69, 9.17) is 0 Å². The molecule has 0 N–H and O–H groups in total. The number of hydrogen-bond acceptors (Lipinski definition) is 3. The lowest BCUT2D eigenvalue weighted by Crippen LogP contribution is -2.58. The second kappa shape index (κ2) is 6.38. The monoisotopic (exact) mass is 413 g/mol. The summed E-state index contributed by atoms with van der Waals surface area (Å²) in [6, 6.07) is 15.8. The van der Waals surface area contributed by atoms with Gasteiger partial charge in [-0.15, -0.1) is 0 Å². The summed E-state index contributed by atoms with van der Waals surface area (Å²) >= 11 is 0. The van der Waals surface area contributed by atoms with Crippen molar-refractivity contribution in [2.75, 3.05) is 6.54 Å². The van der Waals surface area contributed by atoms with Crippen LogP contribution >= 0.6 is 0 Å². The number of amides is 2. The Labute approximate surface area is 182 Å². The lowest BCUT2D eigenvalue weighted by molar-refractivity contribution is -0.147. The van der Waals surface area contributed by atoms with Crippen LogP contribution in [0.5, 0.6) is 0 Å². The summed E-state index contributed by atoms with van der Waals surface area (Å²) in [5.41, 5.74) is 3.12. The van der Waals surface area contributed by atoms with E-state index in [1.807, 2.05) is 0 Å². The van der Waals surface area contributed by atoms with Crippen molar-refractivity contribution < 1.29 is 14.4 Å². The van der Waals surface area contributed by atoms with Crippen molar-refractivity contribution in [2.45, 2.75) is 50.9 Å². The van der Waals surface area contributed by atoms with Crippen molar-refractivity contribution in [1.82, 2.24) is 4.90 Å². The molecule has 4 aliphatic carbocycles. The maximum Gasteiger partial charge on any atom is 0.261 e. The fraction of sp³-hybridized carbons (Fsp3) is 0.444. The van der Waals surface area contributed by atoms with Gasteiger partial charge in [0.05, 0.1) is 17.7 Å². The SMILES string of the molecule is Cc1ccc(C23C[C@H]4C[C@@H](CC(C(=O)CN5C(=O)c6ccccc6C5=O)(C4)C2)C3)cc1. The zero-order valence-electron chi connectivity index (χ0n) is 17.9. The molecule has 5 aliphatic rings. The fourth-order valence-corrected chi connectivity index (χ4v) is 7.53. The van der Waals surface area contributed by atoms with Crippen LogP contribution in [0.1, 0.15) is 70.4 Å². The molecule has 0 unspecified atom stereocenters. The molecule has 2 aromatic rings. The highest BCUT2D eigenvalue weighted by atomic mass is 16.2. The second-order valence-corrected chi connectivity index (χ2v) is 10.6. The largest absolute Gasteiger partial charge is 0.297 e. The number of carbonyl (C=O) groups is 3. The first-order valence-corrected chi connectivity index (χ1v) is 11.4. The molecule has 2 amide bonds. The Morgan fingerprint density at radius 3 is 2.06 bits per heavy atom. The molecular weight excluding hydrogens is 386 g/mol. The third kappa shape index (κ3) is 2.70. The van der Waals surface area contributed by atoms with Crippen molar-refractivity contribution in [3.05, 3.63) is 70.8 Å². The van der Waals surface area contributed by atoms with Crippen LogP contribution in [-0.4, -0.2) is 29.0 Å². The van der Waals surface area contributed by atoms with Crippen LogP contribution in [-0.2, 0) is 10.2 Å². The Balaban J connectivity index is 1.31. The van der Waals surface area contributed by atoms with Gasteiger partial charge in [-0.25, -0.2) is 0 Å². The number of carbonyl (C=O) groups excluding carboxylic acids is 3. The van der Waals surface area contributed by atoms with Crippen molar-refractivity contribution in [3.8, 4) is 0 Å². The van der Waals surface area contributed by atoms with E-state index >= 15 is 0 Å². The number of benzene rings is 2. The van der Waals surface area contributed by atoms with E-state index in [2.05, 4.69) is 31.2 Å². The van der Waals surface area contributed by atoms with Gasteiger partial charge >= 0.3 is 0 Å². The van der Waals surface area contributed by atoms with Crippen LogP contribution in [0, 0.1) is 24.2 Å². The van der Waals surface area contributed by atoms with Crippen LogP contribution in [0.3, 0.4) is 0 Å². The molecule has 0 spiro atoms. The van der Waals surface area contributed by atoms with Gasteiger partial charge in [0, 0.05) is 5.41 Å². The van der Waals surface area contributed by atoms with Gasteiger partial charge in [0.2, 0.25) is 0 Å². The highest BCUT2D eigenvalue weighted by Crippen LogP contribution is 2.66. The number of nitrogens with zero attached hydrogens (tertiary/aromatic N) is 1. The minimum Gasteiger partial charge on any atom is -0.297 e. The highest BCUT2D eigenvalue weighted by Gasteiger charge is 2.61. The van der Waals surface area contributed by atoms with E-state index in [9.17, 15) is 14.4 Å². The molecule has 0 radical (unpaired) electrons. The average molecular weight is 414 g/mol. The van der Waals surface area contributed by atoms with Crippen LogP contribution in [0.25, 0.3) is 0 Å². The zero-order valence-corrected chi connectivity index (χ0v) is 17.9. The summed E-state index contributed by atoms with van der Waals surface area (Å²) in [6.45, 7) is 2.02.